The number of ether oxygens (including phenoxy) is 1. The molecule has 0 spiro atoms. The number of benzene rings is 2. The Labute approximate surface area is 153 Å². The summed E-state index contributed by atoms with van der Waals surface area (Å²) in [6, 6.07) is 16.3. The van der Waals surface area contributed by atoms with Gasteiger partial charge in [-0.15, -0.1) is 0 Å². The van der Waals surface area contributed by atoms with Crippen molar-refractivity contribution in [3.63, 3.8) is 0 Å². The van der Waals surface area contributed by atoms with E-state index in [2.05, 4.69) is 24.3 Å². The normalized spacial score (nSPS) is 15.0. The molecule has 1 aliphatic carbocycles. The van der Waals surface area contributed by atoms with Gasteiger partial charge in [-0.1, -0.05) is 68.8 Å². The van der Waals surface area contributed by atoms with E-state index in [1.807, 2.05) is 38.1 Å². The Morgan fingerprint density at radius 2 is 1.58 bits per heavy atom. The van der Waals surface area contributed by atoms with Crippen LogP contribution in [-0.2, 0) is 14.3 Å². The van der Waals surface area contributed by atoms with Crippen molar-refractivity contribution in [1.29, 1.82) is 0 Å². The van der Waals surface area contributed by atoms with Gasteiger partial charge in [0.25, 0.3) is 0 Å². The maximum atomic E-state index is 12.3. The van der Waals surface area contributed by atoms with Crippen LogP contribution >= 0.6 is 0 Å². The second-order valence-corrected chi connectivity index (χ2v) is 6.94. The van der Waals surface area contributed by atoms with Crippen LogP contribution < -0.4 is 0 Å². The number of rotatable bonds is 7. The predicted molar refractivity (Wildman–Crippen MR) is 99.9 cm³/mol. The second kappa shape index (κ2) is 7.73. The lowest BCUT2D eigenvalue weighted by Crippen LogP contribution is -2.26. The first-order valence-corrected chi connectivity index (χ1v) is 9.09. The van der Waals surface area contributed by atoms with Crippen LogP contribution in [0.3, 0.4) is 0 Å². The Hall–Kier alpha value is -2.62. The van der Waals surface area contributed by atoms with Gasteiger partial charge < -0.3 is 9.84 Å². The van der Waals surface area contributed by atoms with Crippen molar-refractivity contribution in [2.45, 2.75) is 32.6 Å². The lowest BCUT2D eigenvalue weighted by Gasteiger charge is -2.19. The van der Waals surface area contributed by atoms with E-state index in [-0.39, 0.29) is 24.9 Å². The number of fused-ring (bicyclic) bond motifs is 3. The van der Waals surface area contributed by atoms with Crippen LogP contribution in [0, 0.1) is 11.8 Å². The molecule has 136 valence electrons. The average molecular weight is 352 g/mol. The van der Waals surface area contributed by atoms with Gasteiger partial charge in [-0.25, -0.2) is 0 Å². The fourth-order valence-electron chi connectivity index (χ4n) is 3.67. The number of carboxylic acids is 1. The van der Waals surface area contributed by atoms with Gasteiger partial charge in [0.05, 0.1) is 12.3 Å². The summed E-state index contributed by atoms with van der Waals surface area (Å²) in [7, 11) is 0. The third kappa shape index (κ3) is 3.50. The maximum absolute atomic E-state index is 12.3. The fraction of sp³-hybridized carbons (Fsp3) is 0.364. The molecule has 0 saturated heterocycles. The van der Waals surface area contributed by atoms with Crippen molar-refractivity contribution in [2.24, 2.45) is 11.8 Å². The summed E-state index contributed by atoms with van der Waals surface area (Å²) < 4.78 is 5.51. The highest BCUT2D eigenvalue weighted by molar-refractivity contribution is 5.80. The molecule has 3 rings (SSSR count). The fourth-order valence-corrected chi connectivity index (χ4v) is 3.67. The number of aliphatic carboxylic acids is 1. The minimum absolute atomic E-state index is 0.00164. The van der Waals surface area contributed by atoms with Gasteiger partial charge in [-0.3, -0.25) is 9.59 Å². The third-order valence-electron chi connectivity index (χ3n) is 5.41. The lowest BCUT2D eigenvalue weighted by atomic mass is 9.89. The summed E-state index contributed by atoms with van der Waals surface area (Å²) in [5.41, 5.74) is 4.65. The van der Waals surface area contributed by atoms with E-state index in [0.29, 0.717) is 6.42 Å². The van der Waals surface area contributed by atoms with Gasteiger partial charge in [-0.05, 0) is 28.2 Å². The highest BCUT2D eigenvalue weighted by Gasteiger charge is 2.31. The molecule has 0 aromatic heterocycles. The summed E-state index contributed by atoms with van der Waals surface area (Å²) in [6.07, 6.45) is 0.633. The summed E-state index contributed by atoms with van der Waals surface area (Å²) in [5, 5.41) is 9.36. The molecule has 2 aromatic rings. The molecule has 1 aliphatic rings. The molecule has 0 radical (unpaired) electrons. The summed E-state index contributed by atoms with van der Waals surface area (Å²) >= 11 is 0. The molecule has 2 atom stereocenters. The largest absolute Gasteiger partial charge is 0.481 e. The minimum atomic E-state index is -0.937. The lowest BCUT2D eigenvalue weighted by molar-refractivity contribution is -0.153. The first kappa shape index (κ1) is 18.2. The molecular weight excluding hydrogens is 328 g/mol. The van der Waals surface area contributed by atoms with E-state index < -0.39 is 17.9 Å². The zero-order valence-electron chi connectivity index (χ0n) is 15.1. The van der Waals surface area contributed by atoms with E-state index in [4.69, 9.17) is 4.74 Å². The summed E-state index contributed by atoms with van der Waals surface area (Å²) in [5.74, 6) is -2.14. The number of carbonyl (C=O) groups is 2. The Morgan fingerprint density at radius 1 is 1.04 bits per heavy atom. The summed E-state index contributed by atoms with van der Waals surface area (Å²) in [6.45, 7) is 4.02. The zero-order valence-corrected chi connectivity index (χ0v) is 15.1. The average Bonchev–Trinajstić information content (AvgIpc) is 2.97. The molecule has 0 aliphatic heterocycles. The molecule has 0 heterocycles. The maximum Gasteiger partial charge on any atom is 0.307 e. The molecule has 4 heteroatoms. The number of esters is 1. The SMILES string of the molecule is CCC(C)C(CC(=O)OCC1c2ccccc2-c2ccccc21)C(=O)O. The van der Waals surface area contributed by atoms with Gasteiger partial charge in [0.15, 0.2) is 0 Å². The molecule has 0 bridgehead atoms. The highest BCUT2D eigenvalue weighted by Crippen LogP contribution is 2.44. The van der Waals surface area contributed by atoms with Crippen LogP contribution in [0.1, 0.15) is 43.7 Å². The first-order valence-electron chi connectivity index (χ1n) is 9.09. The van der Waals surface area contributed by atoms with Crippen LogP contribution in [0.4, 0.5) is 0 Å². The third-order valence-corrected chi connectivity index (χ3v) is 5.41. The predicted octanol–water partition coefficient (Wildman–Crippen LogP) is 4.48. The summed E-state index contributed by atoms with van der Waals surface area (Å²) in [4.78, 5) is 23.7. The number of hydrogen-bond acceptors (Lipinski definition) is 3. The minimum Gasteiger partial charge on any atom is -0.481 e. The molecule has 4 nitrogen and oxygen atoms in total. The molecule has 26 heavy (non-hydrogen) atoms. The van der Waals surface area contributed by atoms with E-state index in [1.54, 1.807) is 0 Å². The Bertz CT molecular complexity index is 766. The number of hydrogen-bond donors (Lipinski definition) is 1. The van der Waals surface area contributed by atoms with Crippen LogP contribution in [0.2, 0.25) is 0 Å². The molecular formula is C22H24O4. The van der Waals surface area contributed by atoms with E-state index in [0.717, 1.165) is 11.1 Å². The van der Waals surface area contributed by atoms with Gasteiger partial charge >= 0.3 is 11.9 Å². The van der Waals surface area contributed by atoms with E-state index in [1.165, 1.54) is 11.1 Å². The van der Waals surface area contributed by atoms with Gasteiger partial charge in [-0.2, -0.15) is 0 Å². The molecule has 0 saturated carbocycles. The van der Waals surface area contributed by atoms with Crippen molar-refractivity contribution >= 4 is 11.9 Å². The van der Waals surface area contributed by atoms with Gasteiger partial charge in [0.2, 0.25) is 0 Å². The van der Waals surface area contributed by atoms with Crippen LogP contribution in [0.5, 0.6) is 0 Å². The van der Waals surface area contributed by atoms with E-state index >= 15 is 0 Å². The first-order chi connectivity index (χ1) is 12.5. The molecule has 0 fully saturated rings. The van der Waals surface area contributed by atoms with Crippen molar-refractivity contribution < 1.29 is 19.4 Å². The number of carbonyl (C=O) groups excluding carboxylic acids is 1. The molecule has 1 N–H and O–H groups in total. The molecule has 0 amide bonds. The van der Waals surface area contributed by atoms with Crippen molar-refractivity contribution in [3.8, 4) is 11.1 Å². The van der Waals surface area contributed by atoms with Crippen LogP contribution in [0.15, 0.2) is 48.5 Å². The standard InChI is InChI=1S/C22H24O4/c1-3-14(2)19(22(24)25)12-21(23)26-13-20-17-10-6-4-8-15(17)16-9-5-7-11-18(16)20/h4-11,14,19-20H,3,12-13H2,1-2H3,(H,24,25). The van der Waals surface area contributed by atoms with Crippen molar-refractivity contribution in [3.05, 3.63) is 59.7 Å². The quantitative estimate of drug-likeness (QED) is 0.746. The highest BCUT2D eigenvalue weighted by atomic mass is 16.5. The van der Waals surface area contributed by atoms with Crippen LogP contribution in [0.25, 0.3) is 11.1 Å². The van der Waals surface area contributed by atoms with Crippen molar-refractivity contribution in [1.82, 2.24) is 0 Å². The van der Waals surface area contributed by atoms with Crippen LogP contribution in [-0.4, -0.2) is 23.7 Å². The van der Waals surface area contributed by atoms with E-state index in [9.17, 15) is 14.7 Å². The Kier molecular flexibility index (Phi) is 5.40. The Morgan fingerprint density at radius 3 is 2.08 bits per heavy atom. The molecule has 2 unspecified atom stereocenters. The monoisotopic (exact) mass is 352 g/mol. The van der Waals surface area contributed by atoms with Crippen molar-refractivity contribution in [2.75, 3.05) is 6.61 Å². The topological polar surface area (TPSA) is 63.6 Å². The smallest absolute Gasteiger partial charge is 0.307 e. The zero-order chi connectivity index (χ0) is 18.7. The Balaban J connectivity index is 1.72. The second-order valence-electron chi connectivity index (χ2n) is 6.94. The molecule has 2 aromatic carbocycles. The number of carboxylic acid groups (broad SMARTS) is 1. The van der Waals surface area contributed by atoms with Gasteiger partial charge in [0.1, 0.15) is 6.61 Å². The van der Waals surface area contributed by atoms with Gasteiger partial charge in [0, 0.05) is 5.92 Å².